The Hall–Kier alpha value is -0.730. The Kier molecular flexibility index (Phi) is 9.66. The predicted octanol–water partition coefficient (Wildman–Crippen LogP) is -0.351. The molecule has 0 aromatic heterocycles. The third kappa shape index (κ3) is 6.73. The molecule has 0 aromatic rings. The number of β-amino-alcohol motifs (C(OH)–C–C–N with tert-alkyl or cyclic N) is 1. The lowest BCUT2D eigenvalue weighted by Gasteiger charge is -2.33. The first-order valence-corrected chi connectivity index (χ1v) is 8.55. The second-order valence-electron chi connectivity index (χ2n) is 6.15. The van der Waals surface area contributed by atoms with E-state index >= 15 is 0 Å². The molecule has 0 unspecified atom stereocenters. The zero-order valence-electron chi connectivity index (χ0n) is 13.9. The number of carbonyl (C=O) groups is 1. The highest BCUT2D eigenvalue weighted by Gasteiger charge is 2.34. The second-order valence-corrected chi connectivity index (χ2v) is 6.15. The summed E-state index contributed by atoms with van der Waals surface area (Å²) in [6.45, 7) is 2.26. The molecule has 0 spiro atoms. The van der Waals surface area contributed by atoms with Crippen molar-refractivity contribution in [3.05, 3.63) is 0 Å². The van der Waals surface area contributed by atoms with Crippen LogP contribution in [0.4, 0.5) is 0 Å². The molecule has 1 saturated heterocycles. The molecule has 1 heterocycles. The molecule has 4 atom stereocenters. The molecule has 0 bridgehead atoms. The lowest BCUT2D eigenvalue weighted by molar-refractivity contribution is -0.152. The van der Waals surface area contributed by atoms with E-state index in [4.69, 9.17) is 9.84 Å². The van der Waals surface area contributed by atoms with E-state index in [2.05, 4.69) is 0 Å². The van der Waals surface area contributed by atoms with Crippen LogP contribution in [0.3, 0.4) is 0 Å². The molecule has 1 aliphatic heterocycles. The first-order valence-electron chi connectivity index (χ1n) is 8.55. The summed E-state index contributed by atoms with van der Waals surface area (Å²) < 4.78 is 5.47. The third-order valence-electron chi connectivity index (χ3n) is 4.15. The van der Waals surface area contributed by atoms with E-state index in [1.54, 1.807) is 4.90 Å². The summed E-state index contributed by atoms with van der Waals surface area (Å²) in [5, 5.41) is 39.4. The van der Waals surface area contributed by atoms with Gasteiger partial charge in [0.2, 0.25) is 5.91 Å². The van der Waals surface area contributed by atoms with Crippen molar-refractivity contribution in [3.8, 4) is 0 Å². The van der Waals surface area contributed by atoms with Gasteiger partial charge in [0.1, 0.15) is 24.4 Å². The van der Waals surface area contributed by atoms with Crippen molar-refractivity contribution in [2.24, 2.45) is 0 Å². The van der Waals surface area contributed by atoms with E-state index < -0.39 is 31.0 Å². The Balaban J connectivity index is 2.81. The Morgan fingerprint density at radius 3 is 2.61 bits per heavy atom. The van der Waals surface area contributed by atoms with Crippen molar-refractivity contribution in [2.75, 3.05) is 26.3 Å². The summed E-state index contributed by atoms with van der Waals surface area (Å²) in [6.07, 6.45) is -0.330. The summed E-state index contributed by atoms with van der Waals surface area (Å²) >= 11 is 0. The van der Waals surface area contributed by atoms with Crippen LogP contribution in [0, 0.1) is 0 Å². The van der Waals surface area contributed by atoms with Crippen molar-refractivity contribution in [2.45, 2.75) is 69.9 Å². The third-order valence-corrected chi connectivity index (χ3v) is 4.15. The largest absolute Gasteiger partial charge is 0.394 e. The maximum atomic E-state index is 12.2. The van der Waals surface area contributed by atoms with Crippen LogP contribution in [0.2, 0.25) is 0 Å². The van der Waals surface area contributed by atoms with E-state index in [0.29, 0.717) is 19.6 Å². The average Bonchev–Trinajstić information content (AvgIpc) is 2.53. The number of rotatable bonds is 4. The van der Waals surface area contributed by atoms with Gasteiger partial charge in [-0.05, 0) is 19.3 Å². The lowest BCUT2D eigenvalue weighted by Crippen LogP contribution is -2.52. The van der Waals surface area contributed by atoms with Gasteiger partial charge in [0, 0.05) is 26.1 Å². The number of ether oxygens (including phenoxy) is 1. The number of nitrogens with zero attached hydrogens (tertiary/aromatic N) is 1. The minimum absolute atomic E-state index is 0.00198. The fourth-order valence-corrected chi connectivity index (χ4v) is 2.76. The van der Waals surface area contributed by atoms with Crippen molar-refractivity contribution in [1.82, 2.24) is 4.90 Å². The average molecular weight is 333 g/mol. The van der Waals surface area contributed by atoms with Crippen LogP contribution in [0.5, 0.6) is 0 Å². The minimum Gasteiger partial charge on any atom is -0.394 e. The molecule has 0 radical (unpaired) electrons. The van der Waals surface area contributed by atoms with Crippen LogP contribution in [0.25, 0.3) is 0 Å². The number of aliphatic hydroxyl groups is 4. The molecular formula is C16H31NO6. The fourth-order valence-electron chi connectivity index (χ4n) is 2.76. The van der Waals surface area contributed by atoms with Crippen molar-refractivity contribution < 1.29 is 30.0 Å². The van der Waals surface area contributed by atoms with Crippen LogP contribution < -0.4 is 0 Å². The number of amides is 1. The Bertz CT molecular complexity index is 341. The lowest BCUT2D eigenvalue weighted by atomic mass is 10.0. The van der Waals surface area contributed by atoms with Gasteiger partial charge in [0.05, 0.1) is 6.61 Å². The van der Waals surface area contributed by atoms with E-state index in [1.165, 1.54) is 0 Å². The van der Waals surface area contributed by atoms with E-state index in [0.717, 1.165) is 32.1 Å². The van der Waals surface area contributed by atoms with Crippen molar-refractivity contribution in [1.29, 1.82) is 0 Å². The molecule has 1 aliphatic rings. The highest BCUT2D eigenvalue weighted by atomic mass is 16.5. The van der Waals surface area contributed by atoms with Crippen molar-refractivity contribution >= 4 is 5.91 Å². The zero-order valence-corrected chi connectivity index (χ0v) is 13.9. The summed E-state index contributed by atoms with van der Waals surface area (Å²) in [5.41, 5.74) is 0. The molecule has 136 valence electrons. The maximum Gasteiger partial charge on any atom is 0.222 e. The van der Waals surface area contributed by atoms with Crippen LogP contribution in [0.15, 0.2) is 0 Å². The molecule has 7 nitrogen and oxygen atoms in total. The van der Waals surface area contributed by atoms with Gasteiger partial charge in [-0.1, -0.05) is 19.8 Å². The molecule has 0 aliphatic carbocycles. The minimum atomic E-state index is -1.37. The maximum absolute atomic E-state index is 12.2. The highest BCUT2D eigenvalue weighted by Crippen LogP contribution is 2.15. The summed E-state index contributed by atoms with van der Waals surface area (Å²) in [7, 11) is 0. The number of carbonyl (C=O) groups excluding carboxylic acids is 1. The van der Waals surface area contributed by atoms with Gasteiger partial charge >= 0.3 is 0 Å². The molecular weight excluding hydrogens is 302 g/mol. The normalized spacial score (nSPS) is 29.4. The molecule has 0 aromatic carbocycles. The molecule has 1 fully saturated rings. The monoisotopic (exact) mass is 333 g/mol. The summed E-state index contributed by atoms with van der Waals surface area (Å²) in [4.78, 5) is 13.7. The van der Waals surface area contributed by atoms with Gasteiger partial charge in [0.25, 0.3) is 0 Å². The van der Waals surface area contributed by atoms with Crippen LogP contribution in [-0.4, -0.2) is 82.0 Å². The van der Waals surface area contributed by atoms with Gasteiger partial charge in [-0.15, -0.1) is 0 Å². The number of aliphatic hydroxyl groups excluding tert-OH is 4. The Labute approximate surface area is 137 Å². The van der Waals surface area contributed by atoms with E-state index in [9.17, 15) is 20.1 Å². The van der Waals surface area contributed by atoms with Crippen LogP contribution >= 0.6 is 0 Å². The topological polar surface area (TPSA) is 110 Å². The highest BCUT2D eigenvalue weighted by molar-refractivity contribution is 5.76. The molecule has 7 heteroatoms. The molecule has 1 amide bonds. The van der Waals surface area contributed by atoms with Gasteiger partial charge in [-0.25, -0.2) is 0 Å². The Morgan fingerprint density at radius 2 is 1.96 bits per heavy atom. The van der Waals surface area contributed by atoms with Crippen molar-refractivity contribution in [3.63, 3.8) is 0 Å². The van der Waals surface area contributed by atoms with Crippen LogP contribution in [0.1, 0.15) is 45.4 Å². The molecule has 0 saturated carbocycles. The van der Waals surface area contributed by atoms with E-state index in [1.807, 2.05) is 6.92 Å². The standard InChI is InChI=1S/C16H31NO6/c1-2-7-14(21)17-8-5-3-4-6-9-23-16(13(20)11-18)15(22)12(19)10-17/h12-13,15-16,18-20,22H,2-11H2,1H3/t12-,13+,15+,16+/m0/s1. The number of hydrogen-bond donors (Lipinski definition) is 4. The van der Waals surface area contributed by atoms with Gasteiger partial charge in [-0.2, -0.15) is 0 Å². The van der Waals surface area contributed by atoms with Crippen LogP contribution in [-0.2, 0) is 9.53 Å². The smallest absolute Gasteiger partial charge is 0.222 e. The van der Waals surface area contributed by atoms with Gasteiger partial charge in [-0.3, -0.25) is 4.79 Å². The molecule has 1 rings (SSSR count). The summed E-state index contributed by atoms with van der Waals surface area (Å²) in [6, 6.07) is 0. The van der Waals surface area contributed by atoms with E-state index in [-0.39, 0.29) is 12.5 Å². The quantitative estimate of drug-likeness (QED) is 0.560. The first-order chi connectivity index (χ1) is 11.0. The SMILES string of the molecule is CCCC(=O)N1CCCCCCO[C@H]([C@H](O)CO)[C@H](O)[C@@H](O)C1. The Morgan fingerprint density at radius 1 is 1.26 bits per heavy atom. The zero-order chi connectivity index (χ0) is 17.2. The molecule has 23 heavy (non-hydrogen) atoms. The second kappa shape index (κ2) is 10.9. The van der Waals surface area contributed by atoms with Gasteiger partial charge in [0.15, 0.2) is 0 Å². The van der Waals surface area contributed by atoms with Gasteiger partial charge < -0.3 is 30.1 Å². The summed E-state index contributed by atoms with van der Waals surface area (Å²) in [5.74, 6) is -0.0454. The first kappa shape index (κ1) is 20.3. The number of hydrogen-bond acceptors (Lipinski definition) is 6. The predicted molar refractivity (Wildman–Crippen MR) is 84.8 cm³/mol. The molecule has 4 N–H and O–H groups in total. The fraction of sp³-hybridized carbons (Fsp3) is 0.938.